The molecule has 0 bridgehead atoms. The molecule has 130 valence electrons. The minimum atomic E-state index is -3.11. The zero-order valence-corrected chi connectivity index (χ0v) is 15.2. The maximum Gasteiger partial charge on any atom is 0.211 e. The molecule has 0 saturated heterocycles. The van der Waals surface area contributed by atoms with Gasteiger partial charge in [0.2, 0.25) is 10.0 Å². The van der Waals surface area contributed by atoms with Gasteiger partial charge in [-0.2, -0.15) is 0 Å². The highest BCUT2D eigenvalue weighted by Crippen LogP contribution is 2.10. The van der Waals surface area contributed by atoms with E-state index in [1.54, 1.807) is 14.0 Å². The normalized spacial score (nSPS) is 12.2. The number of hydrogen-bond acceptors (Lipinski definition) is 3. The number of hydrogen-bond donors (Lipinski definition) is 3. The molecule has 8 heteroatoms. The lowest BCUT2D eigenvalue weighted by Gasteiger charge is -2.12. The maximum absolute atomic E-state index is 11.3. The number of sulfonamides is 1. The van der Waals surface area contributed by atoms with Crippen LogP contribution in [0.15, 0.2) is 29.3 Å². The Balaban J connectivity index is 2.20. The first-order chi connectivity index (χ1) is 11.0. The number of nitrogens with one attached hydrogen (secondary N) is 3. The minimum Gasteiger partial charge on any atom is -0.356 e. The second kappa shape index (κ2) is 10.5. The molecule has 1 aromatic rings. The molecule has 0 radical (unpaired) electrons. The van der Waals surface area contributed by atoms with Gasteiger partial charge < -0.3 is 10.6 Å². The van der Waals surface area contributed by atoms with Gasteiger partial charge in [0.25, 0.3) is 0 Å². The van der Waals surface area contributed by atoms with Gasteiger partial charge in [0.05, 0.1) is 5.75 Å². The second-order valence-electron chi connectivity index (χ2n) is 4.96. The van der Waals surface area contributed by atoms with E-state index in [1.165, 1.54) is 0 Å². The van der Waals surface area contributed by atoms with Gasteiger partial charge in [-0.15, -0.1) is 0 Å². The van der Waals surface area contributed by atoms with Crippen LogP contribution in [0.1, 0.15) is 18.9 Å². The highest BCUT2D eigenvalue weighted by Gasteiger charge is 2.04. The minimum absolute atomic E-state index is 0.104. The molecule has 3 N–H and O–H groups in total. The average Bonchev–Trinajstić information content (AvgIpc) is 2.53. The predicted octanol–water partition coefficient (Wildman–Crippen LogP) is 1.38. The van der Waals surface area contributed by atoms with E-state index < -0.39 is 10.0 Å². The zero-order valence-electron chi connectivity index (χ0n) is 13.6. The topological polar surface area (TPSA) is 82.6 Å². The Morgan fingerprint density at radius 2 is 1.96 bits per heavy atom. The van der Waals surface area contributed by atoms with Gasteiger partial charge in [0.1, 0.15) is 0 Å². The monoisotopic (exact) mass is 360 g/mol. The molecule has 23 heavy (non-hydrogen) atoms. The Hall–Kier alpha value is -1.31. The molecular weight excluding hydrogens is 336 g/mol. The van der Waals surface area contributed by atoms with Crippen LogP contribution in [-0.2, 0) is 16.4 Å². The van der Waals surface area contributed by atoms with Crippen LogP contribution >= 0.6 is 11.6 Å². The average molecular weight is 361 g/mol. The smallest absolute Gasteiger partial charge is 0.211 e. The van der Waals surface area contributed by atoms with Crippen molar-refractivity contribution in [2.45, 2.75) is 19.8 Å². The molecule has 0 spiro atoms. The Bertz CT molecular complexity index is 605. The van der Waals surface area contributed by atoms with Gasteiger partial charge in [-0.05, 0) is 37.5 Å². The fourth-order valence-corrected chi connectivity index (χ4v) is 2.74. The molecule has 0 amide bonds. The number of nitrogens with zero attached hydrogens (tertiary/aromatic N) is 1. The maximum atomic E-state index is 11.3. The molecule has 1 rings (SSSR count). The molecule has 0 aliphatic rings. The number of aliphatic imine (C=N–C) groups is 1. The summed E-state index contributed by atoms with van der Waals surface area (Å²) < 4.78 is 25.1. The van der Waals surface area contributed by atoms with Crippen molar-refractivity contribution in [3.8, 4) is 0 Å². The first-order valence-electron chi connectivity index (χ1n) is 7.63. The molecule has 0 aromatic heterocycles. The van der Waals surface area contributed by atoms with Crippen molar-refractivity contribution in [1.82, 2.24) is 15.4 Å². The third kappa shape index (κ3) is 8.78. The van der Waals surface area contributed by atoms with E-state index in [2.05, 4.69) is 20.3 Å². The van der Waals surface area contributed by atoms with Gasteiger partial charge in [-0.1, -0.05) is 23.7 Å². The Labute approximate surface area is 143 Å². The van der Waals surface area contributed by atoms with E-state index in [0.29, 0.717) is 25.5 Å². The fraction of sp³-hybridized carbons (Fsp3) is 0.533. The van der Waals surface area contributed by atoms with Gasteiger partial charge in [0.15, 0.2) is 5.96 Å². The standard InChI is InChI=1S/C15H25ClN4O2S/c1-3-23(21,22)20-10-5-9-18-15(17-2)19-11-8-13-6-4-7-14(16)12-13/h4,6-7,12,20H,3,5,8-11H2,1-2H3,(H2,17,18,19). The van der Waals surface area contributed by atoms with Crippen molar-refractivity contribution in [2.75, 3.05) is 32.4 Å². The summed E-state index contributed by atoms with van der Waals surface area (Å²) in [6.45, 7) is 3.42. The molecule has 0 heterocycles. The van der Waals surface area contributed by atoms with Crippen LogP contribution in [0.5, 0.6) is 0 Å². The van der Waals surface area contributed by atoms with E-state index in [4.69, 9.17) is 11.6 Å². The summed E-state index contributed by atoms with van der Waals surface area (Å²) in [4.78, 5) is 4.13. The number of guanidine groups is 1. The van der Waals surface area contributed by atoms with E-state index in [1.807, 2.05) is 24.3 Å². The summed E-state index contributed by atoms with van der Waals surface area (Å²) in [6, 6.07) is 7.76. The van der Waals surface area contributed by atoms with Crippen LogP contribution in [0.4, 0.5) is 0 Å². The van der Waals surface area contributed by atoms with Crippen molar-refractivity contribution < 1.29 is 8.42 Å². The lowest BCUT2D eigenvalue weighted by molar-refractivity contribution is 0.579. The van der Waals surface area contributed by atoms with Crippen LogP contribution in [-0.4, -0.2) is 46.8 Å². The Morgan fingerprint density at radius 3 is 2.61 bits per heavy atom. The van der Waals surface area contributed by atoms with Crippen LogP contribution in [0.25, 0.3) is 0 Å². The molecule has 1 aromatic carbocycles. The van der Waals surface area contributed by atoms with Crippen molar-refractivity contribution in [3.63, 3.8) is 0 Å². The number of benzene rings is 1. The van der Waals surface area contributed by atoms with Crippen LogP contribution in [0.2, 0.25) is 5.02 Å². The molecule has 0 saturated carbocycles. The largest absolute Gasteiger partial charge is 0.356 e. The van der Waals surface area contributed by atoms with Crippen LogP contribution in [0, 0.1) is 0 Å². The molecule has 6 nitrogen and oxygen atoms in total. The Kier molecular flexibility index (Phi) is 8.98. The van der Waals surface area contributed by atoms with E-state index in [9.17, 15) is 8.42 Å². The highest BCUT2D eigenvalue weighted by molar-refractivity contribution is 7.89. The van der Waals surface area contributed by atoms with Gasteiger partial charge in [-0.25, -0.2) is 13.1 Å². The van der Waals surface area contributed by atoms with Gasteiger partial charge in [0, 0.05) is 31.7 Å². The highest BCUT2D eigenvalue weighted by atomic mass is 35.5. The molecule has 0 aliphatic heterocycles. The van der Waals surface area contributed by atoms with Crippen molar-refractivity contribution >= 4 is 27.6 Å². The second-order valence-corrected chi connectivity index (χ2v) is 7.49. The number of rotatable bonds is 9. The predicted molar refractivity (Wildman–Crippen MR) is 96.6 cm³/mol. The van der Waals surface area contributed by atoms with Crippen molar-refractivity contribution in [1.29, 1.82) is 0 Å². The quantitative estimate of drug-likeness (QED) is 0.353. The SMILES string of the molecule is CCS(=O)(=O)NCCCNC(=NC)NCCc1cccc(Cl)c1. The molecule has 0 atom stereocenters. The summed E-state index contributed by atoms with van der Waals surface area (Å²) in [5.74, 6) is 0.804. The van der Waals surface area contributed by atoms with E-state index in [0.717, 1.165) is 23.6 Å². The molecular formula is C15H25ClN4O2S. The summed E-state index contributed by atoms with van der Waals surface area (Å²) in [7, 11) is -1.41. The third-order valence-electron chi connectivity index (χ3n) is 3.17. The summed E-state index contributed by atoms with van der Waals surface area (Å²) in [5, 5.41) is 7.10. The van der Waals surface area contributed by atoms with E-state index in [-0.39, 0.29) is 5.75 Å². The number of halogens is 1. The summed E-state index contributed by atoms with van der Waals surface area (Å²) in [5.41, 5.74) is 1.16. The van der Waals surface area contributed by atoms with Crippen molar-refractivity contribution in [3.05, 3.63) is 34.9 Å². The lowest BCUT2D eigenvalue weighted by Crippen LogP contribution is -2.39. The summed E-state index contributed by atoms with van der Waals surface area (Å²) in [6.07, 6.45) is 1.53. The van der Waals surface area contributed by atoms with E-state index >= 15 is 0 Å². The first-order valence-corrected chi connectivity index (χ1v) is 9.66. The van der Waals surface area contributed by atoms with Gasteiger partial charge in [-0.3, -0.25) is 4.99 Å². The molecule has 0 aliphatic carbocycles. The molecule has 0 fully saturated rings. The summed E-state index contributed by atoms with van der Waals surface area (Å²) >= 11 is 5.95. The Morgan fingerprint density at radius 1 is 1.22 bits per heavy atom. The van der Waals surface area contributed by atoms with Gasteiger partial charge >= 0.3 is 0 Å². The van der Waals surface area contributed by atoms with Crippen LogP contribution < -0.4 is 15.4 Å². The third-order valence-corrected chi connectivity index (χ3v) is 4.81. The van der Waals surface area contributed by atoms with Crippen LogP contribution in [0.3, 0.4) is 0 Å². The van der Waals surface area contributed by atoms with Crippen molar-refractivity contribution in [2.24, 2.45) is 4.99 Å². The fourth-order valence-electron chi connectivity index (χ4n) is 1.86. The first kappa shape index (κ1) is 19.7. The zero-order chi connectivity index (χ0) is 17.1. The lowest BCUT2D eigenvalue weighted by atomic mass is 10.1. The molecule has 0 unspecified atom stereocenters.